The van der Waals surface area contributed by atoms with Crippen molar-refractivity contribution in [3.8, 4) is 0 Å². The van der Waals surface area contributed by atoms with Crippen molar-refractivity contribution in [3.63, 3.8) is 0 Å². The summed E-state index contributed by atoms with van der Waals surface area (Å²) >= 11 is 0. The van der Waals surface area contributed by atoms with E-state index in [1.54, 1.807) is 18.2 Å². The molecule has 0 amide bonds. The minimum Gasteiger partial charge on any atom is -0.467 e. The van der Waals surface area contributed by atoms with Gasteiger partial charge in [0.2, 0.25) is 0 Å². The summed E-state index contributed by atoms with van der Waals surface area (Å²) in [4.78, 5) is 4.60. The number of rotatable bonds is 7. The monoisotopic (exact) mass is 473 g/mol. The summed E-state index contributed by atoms with van der Waals surface area (Å²) in [5.74, 6) is 0.950. The molecule has 26 heavy (non-hydrogen) atoms. The van der Waals surface area contributed by atoms with Gasteiger partial charge in [-0.05, 0) is 43.5 Å². The van der Waals surface area contributed by atoms with Crippen molar-refractivity contribution in [2.45, 2.75) is 31.3 Å². The normalized spacial score (nSPS) is 16.5. The molecule has 3 rings (SSSR count). The third-order valence-electron chi connectivity index (χ3n) is 4.52. The van der Waals surface area contributed by atoms with Crippen LogP contribution in [0.15, 0.2) is 52.1 Å². The Balaban J connectivity index is 0.00000243. The molecule has 1 aliphatic rings. The fraction of sp³-hybridized carbons (Fsp3) is 0.421. The van der Waals surface area contributed by atoms with Crippen LogP contribution in [0.2, 0.25) is 0 Å². The summed E-state index contributed by atoms with van der Waals surface area (Å²) in [6.07, 6.45) is 2.65. The molecule has 0 radical (unpaired) electrons. The van der Waals surface area contributed by atoms with Crippen LogP contribution >= 0.6 is 24.0 Å². The van der Waals surface area contributed by atoms with Crippen LogP contribution < -0.4 is 10.6 Å². The lowest BCUT2D eigenvalue weighted by Crippen LogP contribution is -2.40. The quantitative estimate of drug-likeness (QED) is 0.328. The molecule has 1 fully saturated rings. The van der Waals surface area contributed by atoms with E-state index in [2.05, 4.69) is 15.6 Å². The number of aliphatic hydroxyl groups excluding tert-OH is 1. The molecule has 1 aromatic heterocycles. The van der Waals surface area contributed by atoms with Crippen molar-refractivity contribution in [2.24, 2.45) is 4.99 Å². The van der Waals surface area contributed by atoms with Crippen molar-refractivity contribution >= 4 is 29.9 Å². The number of hydrogen-bond acceptors (Lipinski definition) is 3. The average molecular weight is 473 g/mol. The molecule has 7 heteroatoms. The van der Waals surface area contributed by atoms with Crippen molar-refractivity contribution in [3.05, 3.63) is 59.8 Å². The zero-order valence-electron chi connectivity index (χ0n) is 14.7. The number of aliphatic hydroxyl groups is 1. The zero-order valence-corrected chi connectivity index (χ0v) is 17.1. The van der Waals surface area contributed by atoms with E-state index in [1.807, 2.05) is 19.1 Å². The number of halogens is 2. The van der Waals surface area contributed by atoms with E-state index < -0.39 is 6.10 Å². The fourth-order valence-electron chi connectivity index (χ4n) is 2.90. The van der Waals surface area contributed by atoms with Gasteiger partial charge < -0.3 is 20.2 Å². The first-order valence-corrected chi connectivity index (χ1v) is 8.63. The van der Waals surface area contributed by atoms with E-state index in [9.17, 15) is 9.50 Å². The van der Waals surface area contributed by atoms with Crippen LogP contribution in [0.5, 0.6) is 0 Å². The summed E-state index contributed by atoms with van der Waals surface area (Å²) in [6, 6.07) is 10.4. The standard InChI is InChI=1S/C19H24FN3O2.HI/c1-2-21-18(22-12-16(24)17-8-5-11-25-17)23-13-19(9-10-19)14-6-3-4-7-15(14)20;/h3-8,11,16,24H,2,9-10,12-13H2,1H3,(H2,21,22,23);1H. The van der Waals surface area contributed by atoms with Crippen molar-refractivity contribution in [2.75, 3.05) is 19.6 Å². The highest BCUT2D eigenvalue weighted by atomic mass is 127. The number of furan rings is 1. The molecular formula is C19H25FIN3O2. The fourth-order valence-corrected chi connectivity index (χ4v) is 2.90. The van der Waals surface area contributed by atoms with Crippen LogP contribution in [-0.2, 0) is 5.41 Å². The van der Waals surface area contributed by atoms with Gasteiger partial charge in [-0.25, -0.2) is 4.39 Å². The lowest BCUT2D eigenvalue weighted by Gasteiger charge is -2.17. The zero-order chi connectivity index (χ0) is 17.7. The van der Waals surface area contributed by atoms with E-state index in [0.717, 1.165) is 18.4 Å². The Bertz CT molecular complexity index is 717. The van der Waals surface area contributed by atoms with Crippen LogP contribution in [0.4, 0.5) is 4.39 Å². The molecule has 1 aromatic carbocycles. The van der Waals surface area contributed by atoms with Gasteiger partial charge in [-0.1, -0.05) is 18.2 Å². The summed E-state index contributed by atoms with van der Waals surface area (Å²) in [6.45, 7) is 3.48. The third kappa shape index (κ3) is 4.97. The molecule has 1 atom stereocenters. The van der Waals surface area contributed by atoms with E-state index in [0.29, 0.717) is 24.8 Å². The number of hydrogen-bond donors (Lipinski definition) is 3. The predicted molar refractivity (Wildman–Crippen MR) is 110 cm³/mol. The molecule has 3 N–H and O–H groups in total. The van der Waals surface area contributed by atoms with Gasteiger partial charge in [-0.15, -0.1) is 24.0 Å². The molecule has 1 heterocycles. The first-order chi connectivity index (χ1) is 12.1. The Morgan fingerprint density at radius 3 is 2.65 bits per heavy atom. The second-order valence-corrected chi connectivity index (χ2v) is 6.37. The Kier molecular flexibility index (Phi) is 7.45. The number of aliphatic imine (C=N–C) groups is 1. The van der Waals surface area contributed by atoms with E-state index in [-0.39, 0.29) is 41.8 Å². The molecule has 142 valence electrons. The highest BCUT2D eigenvalue weighted by Gasteiger charge is 2.45. The third-order valence-corrected chi connectivity index (χ3v) is 4.52. The molecule has 1 unspecified atom stereocenters. The summed E-state index contributed by atoms with van der Waals surface area (Å²) in [5, 5.41) is 16.4. The second kappa shape index (κ2) is 9.36. The molecular weight excluding hydrogens is 448 g/mol. The Labute approximate surface area is 170 Å². The van der Waals surface area contributed by atoms with Gasteiger partial charge in [0.1, 0.15) is 17.7 Å². The van der Waals surface area contributed by atoms with Gasteiger partial charge in [0.05, 0.1) is 19.4 Å². The lowest BCUT2D eigenvalue weighted by molar-refractivity contribution is 0.153. The number of guanidine groups is 1. The first kappa shape index (κ1) is 20.7. The highest BCUT2D eigenvalue weighted by molar-refractivity contribution is 14.0. The SMILES string of the molecule is CCNC(=NCC1(c2ccccc2F)CC1)NCC(O)c1ccco1.I. The lowest BCUT2D eigenvalue weighted by atomic mass is 9.95. The van der Waals surface area contributed by atoms with Crippen LogP contribution in [-0.4, -0.2) is 30.7 Å². The second-order valence-electron chi connectivity index (χ2n) is 6.37. The molecule has 5 nitrogen and oxygen atoms in total. The van der Waals surface area contributed by atoms with E-state index in [1.165, 1.54) is 12.3 Å². The predicted octanol–water partition coefficient (Wildman–Crippen LogP) is 3.36. The van der Waals surface area contributed by atoms with Crippen molar-refractivity contribution in [1.29, 1.82) is 0 Å². The first-order valence-electron chi connectivity index (χ1n) is 8.63. The van der Waals surface area contributed by atoms with Crippen LogP contribution in [0.3, 0.4) is 0 Å². The molecule has 2 aromatic rings. The summed E-state index contributed by atoms with van der Waals surface area (Å²) in [7, 11) is 0. The molecule has 0 spiro atoms. The van der Waals surface area contributed by atoms with Crippen LogP contribution in [0, 0.1) is 5.82 Å². The Morgan fingerprint density at radius 2 is 2.04 bits per heavy atom. The van der Waals surface area contributed by atoms with Gasteiger partial charge in [0.25, 0.3) is 0 Å². The highest BCUT2D eigenvalue weighted by Crippen LogP contribution is 2.49. The van der Waals surface area contributed by atoms with E-state index in [4.69, 9.17) is 4.42 Å². The molecule has 0 saturated heterocycles. The van der Waals surface area contributed by atoms with Gasteiger partial charge in [-0.3, -0.25) is 4.99 Å². The molecule has 0 bridgehead atoms. The topological polar surface area (TPSA) is 69.8 Å². The van der Waals surface area contributed by atoms with Gasteiger partial charge in [-0.2, -0.15) is 0 Å². The van der Waals surface area contributed by atoms with Crippen LogP contribution in [0.1, 0.15) is 37.2 Å². The number of nitrogens with one attached hydrogen (secondary N) is 2. The Morgan fingerprint density at radius 1 is 1.27 bits per heavy atom. The molecule has 1 saturated carbocycles. The minimum absolute atomic E-state index is 0. The maximum Gasteiger partial charge on any atom is 0.191 e. The maximum absolute atomic E-state index is 14.1. The maximum atomic E-state index is 14.1. The average Bonchev–Trinajstić information content (AvgIpc) is 3.19. The Hall–Kier alpha value is -1.61. The smallest absolute Gasteiger partial charge is 0.191 e. The number of benzene rings is 1. The molecule has 1 aliphatic carbocycles. The summed E-state index contributed by atoms with van der Waals surface area (Å²) in [5.41, 5.74) is 0.540. The van der Waals surface area contributed by atoms with Crippen molar-refractivity contribution < 1.29 is 13.9 Å². The van der Waals surface area contributed by atoms with Gasteiger partial charge in [0, 0.05) is 12.0 Å². The van der Waals surface area contributed by atoms with Gasteiger partial charge in [0.15, 0.2) is 5.96 Å². The summed E-state index contributed by atoms with van der Waals surface area (Å²) < 4.78 is 19.3. The largest absolute Gasteiger partial charge is 0.467 e. The van der Waals surface area contributed by atoms with Gasteiger partial charge >= 0.3 is 0 Å². The molecule has 0 aliphatic heterocycles. The van der Waals surface area contributed by atoms with E-state index >= 15 is 0 Å². The minimum atomic E-state index is -0.750. The van der Waals surface area contributed by atoms with Crippen LogP contribution in [0.25, 0.3) is 0 Å². The van der Waals surface area contributed by atoms with Crippen molar-refractivity contribution in [1.82, 2.24) is 10.6 Å². The number of nitrogens with zero attached hydrogens (tertiary/aromatic N) is 1.